The minimum atomic E-state index is -1.21. The first-order valence-corrected chi connectivity index (χ1v) is 10.5. The quantitative estimate of drug-likeness (QED) is 0.716. The highest BCUT2D eigenvalue weighted by Gasteiger charge is 2.45. The third-order valence-corrected chi connectivity index (χ3v) is 6.51. The Labute approximate surface area is 183 Å². The van der Waals surface area contributed by atoms with Gasteiger partial charge in [0.15, 0.2) is 0 Å². The molecule has 1 saturated carbocycles. The Morgan fingerprint density at radius 1 is 1.13 bits per heavy atom. The van der Waals surface area contributed by atoms with Gasteiger partial charge in [0.1, 0.15) is 24.0 Å². The molecule has 1 heterocycles. The van der Waals surface area contributed by atoms with Gasteiger partial charge in [-0.1, -0.05) is 17.7 Å². The molecule has 0 radical (unpaired) electrons. The van der Waals surface area contributed by atoms with Gasteiger partial charge in [0.25, 0.3) is 0 Å². The summed E-state index contributed by atoms with van der Waals surface area (Å²) in [4.78, 5) is 11.6. The van der Waals surface area contributed by atoms with E-state index < -0.39 is 22.7 Å². The van der Waals surface area contributed by atoms with Gasteiger partial charge in [0, 0.05) is 22.6 Å². The number of rotatable bonds is 4. The Morgan fingerprint density at radius 3 is 2.55 bits per heavy atom. The summed E-state index contributed by atoms with van der Waals surface area (Å²) in [6.07, 6.45) is 1.58. The molecule has 2 N–H and O–H groups in total. The first-order chi connectivity index (χ1) is 14.8. The first-order valence-electron chi connectivity index (χ1n) is 10.1. The van der Waals surface area contributed by atoms with Crippen molar-refractivity contribution in [3.63, 3.8) is 0 Å². The monoisotopic (exact) mass is 446 g/mol. The van der Waals surface area contributed by atoms with Crippen LogP contribution in [-0.4, -0.2) is 23.2 Å². The molecule has 162 valence electrons. The van der Waals surface area contributed by atoms with Crippen LogP contribution in [0.4, 0.5) is 14.5 Å². The predicted octanol–water partition coefficient (Wildman–Crippen LogP) is 4.65. The normalized spacial score (nSPS) is 25.3. The number of ether oxygens (including phenoxy) is 1. The lowest BCUT2D eigenvalue weighted by Crippen LogP contribution is -2.45. The van der Waals surface area contributed by atoms with Gasteiger partial charge in [0.05, 0.1) is 22.8 Å². The van der Waals surface area contributed by atoms with E-state index in [0.717, 1.165) is 0 Å². The lowest BCUT2D eigenvalue weighted by Gasteiger charge is -2.40. The van der Waals surface area contributed by atoms with Gasteiger partial charge < -0.3 is 15.2 Å². The number of carbonyl (C=O) groups excluding carboxylic acids is 1. The maximum Gasteiger partial charge on any atom is 0.224 e. The number of fused-ring (bicyclic) bond motifs is 1. The minimum Gasteiger partial charge on any atom is -0.490 e. The van der Waals surface area contributed by atoms with E-state index in [1.807, 2.05) is 0 Å². The van der Waals surface area contributed by atoms with Crippen molar-refractivity contribution >= 4 is 23.2 Å². The number of anilines is 1. The molecular weight excluding hydrogens is 426 g/mol. The van der Waals surface area contributed by atoms with E-state index in [4.69, 9.17) is 16.3 Å². The van der Waals surface area contributed by atoms with E-state index in [0.29, 0.717) is 17.7 Å². The van der Waals surface area contributed by atoms with E-state index in [2.05, 4.69) is 11.4 Å². The zero-order chi connectivity index (χ0) is 22.2. The fraction of sp³-hybridized carbons (Fsp3) is 0.391. The summed E-state index contributed by atoms with van der Waals surface area (Å²) in [5.41, 5.74) is -1.28. The molecule has 1 fully saturated rings. The van der Waals surface area contributed by atoms with E-state index >= 15 is 0 Å². The molecule has 0 saturated heterocycles. The van der Waals surface area contributed by atoms with Crippen molar-refractivity contribution in [1.29, 1.82) is 5.26 Å². The minimum absolute atomic E-state index is 0.0520. The summed E-state index contributed by atoms with van der Waals surface area (Å²) in [6.45, 7) is -0.0520. The lowest BCUT2D eigenvalue weighted by atomic mass is 9.66. The molecule has 1 aliphatic heterocycles. The number of hydrogen-bond donors (Lipinski definition) is 2. The highest BCUT2D eigenvalue weighted by molar-refractivity contribution is 6.30. The van der Waals surface area contributed by atoms with Crippen LogP contribution in [0.15, 0.2) is 30.3 Å². The third-order valence-electron chi connectivity index (χ3n) is 6.28. The van der Waals surface area contributed by atoms with Crippen LogP contribution < -0.4 is 10.1 Å². The standard InChI is InChI=1S/C23H21ClF2N2O3/c24-14-1-3-16(18(26)11-14)22(12-27)7-9-23(30,10-8-22)13-31-19-5-4-17(25)21-15(19)2-6-20(29)28-21/h1,3-5,11,30H,2,6-10,13H2,(H,28,29)/t22-,23+. The molecule has 0 unspecified atom stereocenters. The van der Waals surface area contributed by atoms with Crippen molar-refractivity contribution < 1.29 is 23.4 Å². The van der Waals surface area contributed by atoms with Crippen molar-refractivity contribution in [3.8, 4) is 11.8 Å². The number of amides is 1. The van der Waals surface area contributed by atoms with Crippen LogP contribution in [-0.2, 0) is 16.6 Å². The fourth-order valence-electron chi connectivity index (χ4n) is 4.38. The molecule has 2 aromatic carbocycles. The first kappa shape index (κ1) is 21.5. The third kappa shape index (κ3) is 4.10. The molecule has 0 spiro atoms. The van der Waals surface area contributed by atoms with Crippen LogP contribution in [0.5, 0.6) is 5.75 Å². The summed E-state index contributed by atoms with van der Waals surface area (Å²) in [6, 6.07) is 9.22. The number of nitrogens with zero attached hydrogens (tertiary/aromatic N) is 1. The van der Waals surface area contributed by atoms with E-state index in [-0.39, 0.29) is 60.9 Å². The molecule has 2 aliphatic rings. The Kier molecular flexibility index (Phi) is 5.63. The van der Waals surface area contributed by atoms with Crippen molar-refractivity contribution in [2.45, 2.75) is 49.5 Å². The number of hydrogen-bond acceptors (Lipinski definition) is 4. The number of aliphatic hydroxyl groups is 1. The topological polar surface area (TPSA) is 82.3 Å². The molecule has 0 aromatic heterocycles. The van der Waals surface area contributed by atoms with Gasteiger partial charge in [-0.05, 0) is 56.4 Å². The largest absolute Gasteiger partial charge is 0.490 e. The molecule has 8 heteroatoms. The Balaban J connectivity index is 1.48. The van der Waals surface area contributed by atoms with Crippen molar-refractivity contribution in [3.05, 3.63) is 58.1 Å². The molecular formula is C23H21ClF2N2O3. The smallest absolute Gasteiger partial charge is 0.224 e. The highest BCUT2D eigenvalue weighted by Crippen LogP contribution is 2.44. The molecule has 31 heavy (non-hydrogen) atoms. The SMILES string of the molecule is N#C[C@]1(c2ccc(Cl)cc2F)CC[C@](O)(COc2ccc(F)c3c2CCC(=O)N3)CC1. The molecule has 1 amide bonds. The van der Waals surface area contributed by atoms with Crippen molar-refractivity contribution in [2.75, 3.05) is 11.9 Å². The van der Waals surface area contributed by atoms with Crippen LogP contribution in [0.2, 0.25) is 5.02 Å². The maximum atomic E-state index is 14.5. The zero-order valence-electron chi connectivity index (χ0n) is 16.7. The van der Waals surface area contributed by atoms with Crippen LogP contribution >= 0.6 is 11.6 Å². The highest BCUT2D eigenvalue weighted by atomic mass is 35.5. The van der Waals surface area contributed by atoms with Crippen LogP contribution in [0.1, 0.15) is 43.2 Å². The van der Waals surface area contributed by atoms with E-state index in [9.17, 15) is 23.9 Å². The number of halogens is 3. The molecule has 0 atom stereocenters. The number of nitriles is 1. The van der Waals surface area contributed by atoms with Gasteiger partial charge >= 0.3 is 0 Å². The molecule has 5 nitrogen and oxygen atoms in total. The van der Waals surface area contributed by atoms with Crippen LogP contribution in [0.3, 0.4) is 0 Å². The number of benzene rings is 2. The lowest BCUT2D eigenvalue weighted by molar-refractivity contribution is -0.116. The average molecular weight is 447 g/mol. The molecule has 0 bridgehead atoms. The Morgan fingerprint density at radius 2 is 1.87 bits per heavy atom. The second kappa shape index (κ2) is 8.10. The van der Waals surface area contributed by atoms with Gasteiger partial charge in [-0.25, -0.2) is 8.78 Å². The van der Waals surface area contributed by atoms with Gasteiger partial charge in [-0.15, -0.1) is 0 Å². The van der Waals surface area contributed by atoms with Gasteiger partial charge in [-0.2, -0.15) is 5.26 Å². The summed E-state index contributed by atoms with van der Waals surface area (Å²) in [5, 5.41) is 23.6. The van der Waals surface area contributed by atoms with Crippen molar-refractivity contribution in [2.24, 2.45) is 0 Å². The van der Waals surface area contributed by atoms with Crippen LogP contribution in [0, 0.1) is 23.0 Å². The summed E-state index contributed by atoms with van der Waals surface area (Å²) in [5.74, 6) is -0.909. The number of nitrogens with one attached hydrogen (secondary N) is 1. The van der Waals surface area contributed by atoms with Gasteiger partial charge in [-0.3, -0.25) is 4.79 Å². The van der Waals surface area contributed by atoms with Gasteiger partial charge in [0.2, 0.25) is 5.91 Å². The summed E-state index contributed by atoms with van der Waals surface area (Å²) in [7, 11) is 0. The second-order valence-corrected chi connectivity index (χ2v) is 8.71. The maximum absolute atomic E-state index is 14.5. The number of carbonyl (C=O) groups is 1. The van der Waals surface area contributed by atoms with E-state index in [1.165, 1.54) is 24.3 Å². The van der Waals surface area contributed by atoms with E-state index in [1.54, 1.807) is 6.07 Å². The average Bonchev–Trinajstić information content (AvgIpc) is 2.75. The molecule has 4 rings (SSSR count). The summed E-state index contributed by atoms with van der Waals surface area (Å²) >= 11 is 5.83. The Bertz CT molecular complexity index is 1080. The predicted molar refractivity (Wildman–Crippen MR) is 111 cm³/mol. The summed E-state index contributed by atoms with van der Waals surface area (Å²) < 4.78 is 34.4. The zero-order valence-corrected chi connectivity index (χ0v) is 17.4. The molecule has 1 aliphatic carbocycles. The fourth-order valence-corrected chi connectivity index (χ4v) is 4.54. The Hall–Kier alpha value is -2.69. The van der Waals surface area contributed by atoms with Crippen molar-refractivity contribution in [1.82, 2.24) is 0 Å². The second-order valence-electron chi connectivity index (χ2n) is 8.28. The van der Waals surface area contributed by atoms with Crippen LogP contribution in [0.25, 0.3) is 0 Å². The molecule has 2 aromatic rings.